The molecule has 0 fully saturated rings. The molecule has 20 heavy (non-hydrogen) atoms. The van der Waals surface area contributed by atoms with E-state index < -0.39 is 17.6 Å². The summed E-state index contributed by atoms with van der Waals surface area (Å²) in [4.78, 5) is 22.9. The summed E-state index contributed by atoms with van der Waals surface area (Å²) >= 11 is 0. The van der Waals surface area contributed by atoms with Crippen molar-refractivity contribution in [3.63, 3.8) is 0 Å². The number of hydrogen-bond acceptors (Lipinski definition) is 2. The number of benzene rings is 1. The normalized spacial score (nSPS) is 11.0. The van der Waals surface area contributed by atoms with Crippen molar-refractivity contribution < 1.29 is 22.8 Å². The van der Waals surface area contributed by atoms with E-state index in [1.807, 2.05) is 6.92 Å². The van der Waals surface area contributed by atoms with Gasteiger partial charge in [-0.1, -0.05) is 6.92 Å². The van der Waals surface area contributed by atoms with Gasteiger partial charge in [-0.25, -0.2) is 0 Å². The van der Waals surface area contributed by atoms with Gasteiger partial charge in [-0.2, -0.15) is 13.2 Å². The van der Waals surface area contributed by atoms with Crippen LogP contribution in [-0.2, 0) is 11.0 Å². The lowest BCUT2D eigenvalue weighted by Crippen LogP contribution is -2.37. The quantitative estimate of drug-likeness (QED) is 0.870. The molecule has 0 unspecified atom stereocenters. The Morgan fingerprint density at radius 2 is 1.70 bits per heavy atom. The topological polar surface area (TPSA) is 58.2 Å². The van der Waals surface area contributed by atoms with Gasteiger partial charge in [-0.15, -0.1) is 0 Å². The SMILES string of the molecule is CCCNC(=O)CNC(=O)c1ccc(C(F)(F)F)cc1. The molecule has 2 amide bonds. The summed E-state index contributed by atoms with van der Waals surface area (Å²) in [5, 5.41) is 4.90. The molecular weight excluding hydrogens is 273 g/mol. The van der Waals surface area contributed by atoms with Crippen LogP contribution in [0, 0.1) is 0 Å². The van der Waals surface area contributed by atoms with Crippen molar-refractivity contribution in [1.82, 2.24) is 10.6 Å². The average molecular weight is 288 g/mol. The zero-order chi connectivity index (χ0) is 15.2. The van der Waals surface area contributed by atoms with E-state index in [4.69, 9.17) is 0 Å². The standard InChI is InChI=1S/C13H15F3N2O2/c1-2-7-17-11(19)8-18-12(20)9-3-5-10(6-4-9)13(14,15)16/h3-6H,2,7-8H2,1H3,(H,17,19)(H,18,20). The number of alkyl halides is 3. The number of nitrogens with one attached hydrogen (secondary N) is 2. The molecule has 1 rings (SSSR count). The fourth-order valence-electron chi connectivity index (χ4n) is 1.40. The van der Waals surface area contributed by atoms with Crippen LogP contribution in [0.15, 0.2) is 24.3 Å². The Morgan fingerprint density at radius 1 is 1.10 bits per heavy atom. The first-order chi connectivity index (χ1) is 9.34. The van der Waals surface area contributed by atoms with Gasteiger partial charge in [0.15, 0.2) is 0 Å². The molecule has 0 heterocycles. The average Bonchev–Trinajstić information content (AvgIpc) is 2.41. The Hall–Kier alpha value is -2.05. The Morgan fingerprint density at radius 3 is 2.20 bits per heavy atom. The summed E-state index contributed by atoms with van der Waals surface area (Å²) in [6, 6.07) is 3.79. The number of halogens is 3. The van der Waals surface area contributed by atoms with Crippen LogP contribution in [0.5, 0.6) is 0 Å². The number of rotatable bonds is 5. The van der Waals surface area contributed by atoms with E-state index in [1.54, 1.807) is 0 Å². The van der Waals surface area contributed by atoms with Crippen molar-refractivity contribution in [2.75, 3.05) is 13.1 Å². The number of amides is 2. The monoisotopic (exact) mass is 288 g/mol. The molecule has 0 spiro atoms. The van der Waals surface area contributed by atoms with E-state index in [9.17, 15) is 22.8 Å². The zero-order valence-electron chi connectivity index (χ0n) is 10.9. The van der Waals surface area contributed by atoms with Gasteiger partial charge >= 0.3 is 6.18 Å². The summed E-state index contributed by atoms with van der Waals surface area (Å²) in [6.07, 6.45) is -3.66. The van der Waals surface area contributed by atoms with Crippen molar-refractivity contribution >= 4 is 11.8 Å². The fraction of sp³-hybridized carbons (Fsp3) is 0.385. The first-order valence-electron chi connectivity index (χ1n) is 6.06. The predicted molar refractivity (Wildman–Crippen MR) is 67.1 cm³/mol. The van der Waals surface area contributed by atoms with Gasteiger partial charge in [-0.3, -0.25) is 9.59 Å². The molecule has 0 saturated heterocycles. The van der Waals surface area contributed by atoms with Gasteiger partial charge in [0.1, 0.15) is 0 Å². The summed E-state index contributed by atoms with van der Waals surface area (Å²) in [7, 11) is 0. The second-order valence-corrected chi connectivity index (χ2v) is 4.11. The molecule has 2 N–H and O–H groups in total. The lowest BCUT2D eigenvalue weighted by Gasteiger charge is -2.08. The number of carbonyl (C=O) groups excluding carboxylic acids is 2. The van der Waals surface area contributed by atoms with Crippen LogP contribution in [0.2, 0.25) is 0 Å². The fourth-order valence-corrected chi connectivity index (χ4v) is 1.40. The van der Waals surface area contributed by atoms with Crippen LogP contribution in [0.25, 0.3) is 0 Å². The highest BCUT2D eigenvalue weighted by Crippen LogP contribution is 2.28. The van der Waals surface area contributed by atoms with Gasteiger partial charge in [0, 0.05) is 12.1 Å². The molecule has 4 nitrogen and oxygen atoms in total. The molecule has 0 aromatic heterocycles. The highest BCUT2D eigenvalue weighted by Gasteiger charge is 2.30. The lowest BCUT2D eigenvalue weighted by molar-refractivity contribution is -0.137. The van der Waals surface area contributed by atoms with Crippen LogP contribution >= 0.6 is 0 Å². The molecule has 0 aliphatic rings. The highest BCUT2D eigenvalue weighted by atomic mass is 19.4. The summed E-state index contributed by atoms with van der Waals surface area (Å²) < 4.78 is 37.0. The molecule has 0 atom stereocenters. The van der Waals surface area contributed by atoms with Crippen molar-refractivity contribution in [2.45, 2.75) is 19.5 Å². The van der Waals surface area contributed by atoms with Crippen molar-refractivity contribution in [3.05, 3.63) is 35.4 Å². The predicted octanol–water partition coefficient (Wildman–Crippen LogP) is 1.96. The smallest absolute Gasteiger partial charge is 0.355 e. The second kappa shape index (κ2) is 6.93. The van der Waals surface area contributed by atoms with E-state index in [0.717, 1.165) is 30.7 Å². The first-order valence-corrected chi connectivity index (χ1v) is 6.06. The van der Waals surface area contributed by atoms with Gasteiger partial charge in [-0.05, 0) is 30.7 Å². The molecule has 0 aliphatic heterocycles. The molecule has 0 bridgehead atoms. The Balaban J connectivity index is 2.54. The van der Waals surface area contributed by atoms with E-state index in [1.165, 1.54) is 0 Å². The maximum absolute atomic E-state index is 12.3. The molecule has 7 heteroatoms. The molecule has 1 aromatic rings. The van der Waals surface area contributed by atoms with Gasteiger partial charge in [0.25, 0.3) is 5.91 Å². The Labute approximate surface area is 114 Å². The first kappa shape index (κ1) is 16.0. The van der Waals surface area contributed by atoms with Crippen LogP contribution in [0.4, 0.5) is 13.2 Å². The third-order valence-corrected chi connectivity index (χ3v) is 2.46. The third-order valence-electron chi connectivity index (χ3n) is 2.46. The van der Waals surface area contributed by atoms with Gasteiger partial charge in [0.05, 0.1) is 12.1 Å². The summed E-state index contributed by atoms with van der Waals surface area (Å²) in [5.74, 6) is -0.933. The van der Waals surface area contributed by atoms with Crippen molar-refractivity contribution in [2.24, 2.45) is 0 Å². The minimum absolute atomic E-state index is 0.0706. The van der Waals surface area contributed by atoms with Crippen LogP contribution in [0.1, 0.15) is 29.3 Å². The summed E-state index contributed by atoms with van der Waals surface area (Å²) in [5.41, 5.74) is -0.754. The molecule has 1 aromatic carbocycles. The van der Waals surface area contributed by atoms with Crippen molar-refractivity contribution in [3.8, 4) is 0 Å². The molecule has 0 radical (unpaired) electrons. The van der Waals surface area contributed by atoms with Gasteiger partial charge in [0.2, 0.25) is 5.91 Å². The minimum atomic E-state index is -4.44. The summed E-state index contributed by atoms with van der Waals surface area (Å²) in [6.45, 7) is 2.19. The maximum Gasteiger partial charge on any atom is 0.416 e. The van der Waals surface area contributed by atoms with E-state index in [0.29, 0.717) is 6.54 Å². The van der Waals surface area contributed by atoms with Crippen molar-refractivity contribution in [1.29, 1.82) is 0 Å². The Bertz CT molecular complexity index is 469. The molecule has 110 valence electrons. The van der Waals surface area contributed by atoms with E-state index >= 15 is 0 Å². The highest BCUT2D eigenvalue weighted by molar-refractivity contribution is 5.96. The zero-order valence-corrected chi connectivity index (χ0v) is 10.9. The molecular formula is C13H15F3N2O2. The minimum Gasteiger partial charge on any atom is -0.355 e. The second-order valence-electron chi connectivity index (χ2n) is 4.11. The van der Waals surface area contributed by atoms with E-state index in [2.05, 4.69) is 10.6 Å². The Kier molecular flexibility index (Phi) is 5.54. The number of carbonyl (C=O) groups is 2. The molecule has 0 aliphatic carbocycles. The third kappa shape index (κ3) is 4.91. The van der Waals surface area contributed by atoms with Crippen LogP contribution < -0.4 is 10.6 Å². The maximum atomic E-state index is 12.3. The number of hydrogen-bond donors (Lipinski definition) is 2. The molecule has 0 saturated carbocycles. The van der Waals surface area contributed by atoms with E-state index in [-0.39, 0.29) is 18.0 Å². The van der Waals surface area contributed by atoms with Gasteiger partial charge < -0.3 is 10.6 Å². The lowest BCUT2D eigenvalue weighted by atomic mass is 10.1. The largest absolute Gasteiger partial charge is 0.416 e. The van der Waals surface area contributed by atoms with Crippen LogP contribution in [-0.4, -0.2) is 24.9 Å². The van der Waals surface area contributed by atoms with Crippen LogP contribution in [0.3, 0.4) is 0 Å².